The van der Waals surface area contributed by atoms with E-state index in [1.54, 1.807) is 60.4 Å². The van der Waals surface area contributed by atoms with Crippen LogP contribution in [0.1, 0.15) is 23.0 Å². The Bertz CT molecular complexity index is 1000. The second kappa shape index (κ2) is 7.04. The predicted octanol–water partition coefficient (Wildman–Crippen LogP) is 3.42. The van der Waals surface area contributed by atoms with Gasteiger partial charge in [-0.05, 0) is 29.8 Å². The van der Waals surface area contributed by atoms with E-state index >= 15 is 0 Å². The minimum absolute atomic E-state index is 0.335. The fourth-order valence-corrected chi connectivity index (χ4v) is 3.44. The SMILES string of the molecule is Cn1ccnc1[C@@H](NC(=O)[C@@H]1Cc2cc(Cl)ccc2O1)c1ccccc1F. The third-order valence-corrected chi connectivity index (χ3v) is 4.84. The summed E-state index contributed by atoms with van der Waals surface area (Å²) in [7, 11) is 1.80. The molecule has 0 saturated carbocycles. The molecule has 138 valence electrons. The van der Waals surface area contributed by atoms with Crippen LogP contribution in [0.25, 0.3) is 0 Å². The second-order valence-electron chi connectivity index (χ2n) is 6.42. The molecule has 4 rings (SSSR count). The van der Waals surface area contributed by atoms with E-state index in [2.05, 4.69) is 10.3 Å². The van der Waals surface area contributed by atoms with Gasteiger partial charge in [0.1, 0.15) is 23.4 Å². The number of hydrogen-bond acceptors (Lipinski definition) is 3. The van der Waals surface area contributed by atoms with Crippen molar-refractivity contribution in [2.45, 2.75) is 18.6 Å². The Kier molecular flexibility index (Phi) is 4.58. The zero-order valence-corrected chi connectivity index (χ0v) is 15.3. The number of aryl methyl sites for hydroxylation is 1. The van der Waals surface area contributed by atoms with Gasteiger partial charge in [0.05, 0.1) is 0 Å². The summed E-state index contributed by atoms with van der Waals surface area (Å²) in [5.74, 6) is 0.428. The number of nitrogens with one attached hydrogen (secondary N) is 1. The number of carbonyl (C=O) groups excluding carboxylic acids is 1. The number of imidazole rings is 1. The minimum Gasteiger partial charge on any atom is -0.480 e. The maximum atomic E-state index is 14.4. The Hall–Kier alpha value is -2.86. The molecule has 5 nitrogen and oxygen atoms in total. The van der Waals surface area contributed by atoms with Crippen LogP contribution in [0.4, 0.5) is 4.39 Å². The van der Waals surface area contributed by atoms with Gasteiger partial charge in [0.15, 0.2) is 6.10 Å². The lowest BCUT2D eigenvalue weighted by molar-refractivity contribution is -0.127. The van der Waals surface area contributed by atoms with Crippen molar-refractivity contribution in [3.63, 3.8) is 0 Å². The number of fused-ring (bicyclic) bond motifs is 1. The average molecular weight is 386 g/mol. The van der Waals surface area contributed by atoms with E-state index in [1.807, 2.05) is 0 Å². The molecule has 0 fully saturated rings. The van der Waals surface area contributed by atoms with E-state index < -0.39 is 18.0 Å². The van der Waals surface area contributed by atoms with Gasteiger partial charge in [-0.1, -0.05) is 29.8 Å². The highest BCUT2D eigenvalue weighted by molar-refractivity contribution is 6.30. The fourth-order valence-electron chi connectivity index (χ4n) is 3.24. The lowest BCUT2D eigenvalue weighted by Crippen LogP contribution is -2.41. The molecule has 27 heavy (non-hydrogen) atoms. The van der Waals surface area contributed by atoms with E-state index in [9.17, 15) is 9.18 Å². The monoisotopic (exact) mass is 385 g/mol. The summed E-state index contributed by atoms with van der Waals surface area (Å²) in [6.45, 7) is 0. The topological polar surface area (TPSA) is 56.2 Å². The molecule has 0 unspecified atom stereocenters. The molecule has 2 atom stereocenters. The van der Waals surface area contributed by atoms with Crippen molar-refractivity contribution in [1.82, 2.24) is 14.9 Å². The third kappa shape index (κ3) is 3.40. The number of aromatic nitrogens is 2. The van der Waals surface area contributed by atoms with Crippen molar-refractivity contribution in [3.05, 3.63) is 82.6 Å². The normalized spacial score (nSPS) is 16.5. The van der Waals surface area contributed by atoms with Crippen molar-refractivity contribution in [2.24, 2.45) is 7.05 Å². The average Bonchev–Trinajstić information content (AvgIpc) is 3.26. The number of hydrogen-bond donors (Lipinski definition) is 1. The van der Waals surface area contributed by atoms with Crippen LogP contribution in [0.15, 0.2) is 54.9 Å². The Morgan fingerprint density at radius 2 is 2.19 bits per heavy atom. The van der Waals surface area contributed by atoms with E-state index in [0.29, 0.717) is 28.6 Å². The Labute approximate surface area is 160 Å². The summed E-state index contributed by atoms with van der Waals surface area (Å²) in [5.41, 5.74) is 1.22. The molecule has 2 aromatic carbocycles. The second-order valence-corrected chi connectivity index (χ2v) is 6.86. The molecule has 1 aliphatic rings. The van der Waals surface area contributed by atoms with Crippen LogP contribution in [0.2, 0.25) is 5.02 Å². The first kappa shape index (κ1) is 17.5. The summed E-state index contributed by atoms with van der Waals surface area (Å²) in [6.07, 6.45) is 3.07. The van der Waals surface area contributed by atoms with Crippen molar-refractivity contribution >= 4 is 17.5 Å². The van der Waals surface area contributed by atoms with E-state index in [4.69, 9.17) is 16.3 Å². The van der Waals surface area contributed by atoms with Crippen molar-refractivity contribution in [3.8, 4) is 5.75 Å². The van der Waals surface area contributed by atoms with Crippen molar-refractivity contribution in [1.29, 1.82) is 0 Å². The zero-order valence-electron chi connectivity index (χ0n) is 14.5. The molecule has 0 bridgehead atoms. The van der Waals surface area contributed by atoms with Gasteiger partial charge in [-0.3, -0.25) is 4.79 Å². The van der Waals surface area contributed by atoms with Crippen LogP contribution >= 0.6 is 11.6 Å². The highest BCUT2D eigenvalue weighted by Crippen LogP contribution is 2.32. The van der Waals surface area contributed by atoms with Crippen LogP contribution in [-0.4, -0.2) is 21.6 Å². The Morgan fingerprint density at radius 1 is 1.37 bits per heavy atom. The van der Waals surface area contributed by atoms with Crippen LogP contribution in [0.5, 0.6) is 5.75 Å². The summed E-state index contributed by atoms with van der Waals surface area (Å²) in [5, 5.41) is 3.48. The van der Waals surface area contributed by atoms with Gasteiger partial charge < -0.3 is 14.6 Å². The van der Waals surface area contributed by atoms with E-state index in [0.717, 1.165) is 5.56 Å². The standard InChI is InChI=1S/C20H17ClFN3O2/c1-25-9-8-23-19(25)18(14-4-2-3-5-15(14)22)24-20(26)17-11-12-10-13(21)6-7-16(12)27-17/h2-10,17-18H,11H2,1H3,(H,24,26)/t17-,18-/m0/s1. The molecule has 1 aliphatic heterocycles. The molecular formula is C20H17ClFN3O2. The highest BCUT2D eigenvalue weighted by atomic mass is 35.5. The van der Waals surface area contributed by atoms with Crippen molar-refractivity contribution < 1.29 is 13.9 Å². The quantitative estimate of drug-likeness (QED) is 0.748. The number of nitrogens with zero attached hydrogens (tertiary/aromatic N) is 2. The van der Waals surface area contributed by atoms with Crippen molar-refractivity contribution in [2.75, 3.05) is 0 Å². The Morgan fingerprint density at radius 3 is 2.93 bits per heavy atom. The predicted molar refractivity (Wildman–Crippen MR) is 99.2 cm³/mol. The van der Waals surface area contributed by atoms with Gasteiger partial charge in [-0.2, -0.15) is 0 Å². The number of rotatable bonds is 4. The molecule has 0 saturated heterocycles. The van der Waals surface area contributed by atoms with E-state index in [-0.39, 0.29) is 5.91 Å². The summed E-state index contributed by atoms with van der Waals surface area (Å²) in [4.78, 5) is 17.2. The van der Waals surface area contributed by atoms with Crippen LogP contribution in [0, 0.1) is 5.82 Å². The van der Waals surface area contributed by atoms with Crippen LogP contribution in [0.3, 0.4) is 0 Å². The summed E-state index contributed by atoms with van der Waals surface area (Å²) >= 11 is 6.01. The number of halogens is 2. The number of amides is 1. The van der Waals surface area contributed by atoms with Gasteiger partial charge in [0.25, 0.3) is 5.91 Å². The molecule has 1 N–H and O–H groups in total. The smallest absolute Gasteiger partial charge is 0.262 e. The molecule has 2 heterocycles. The first-order valence-electron chi connectivity index (χ1n) is 8.50. The summed E-state index contributed by atoms with van der Waals surface area (Å²) < 4.78 is 21.9. The fraction of sp³-hybridized carbons (Fsp3) is 0.200. The molecule has 1 aromatic heterocycles. The van der Waals surface area contributed by atoms with Gasteiger partial charge in [-0.15, -0.1) is 0 Å². The largest absolute Gasteiger partial charge is 0.480 e. The number of benzene rings is 2. The lowest BCUT2D eigenvalue weighted by Gasteiger charge is -2.21. The first-order valence-corrected chi connectivity index (χ1v) is 8.88. The number of carbonyl (C=O) groups is 1. The van der Waals surface area contributed by atoms with E-state index in [1.165, 1.54) is 6.07 Å². The molecular weight excluding hydrogens is 369 g/mol. The molecule has 7 heteroatoms. The highest BCUT2D eigenvalue weighted by Gasteiger charge is 2.32. The lowest BCUT2D eigenvalue weighted by atomic mass is 10.0. The number of ether oxygens (including phenoxy) is 1. The molecule has 1 amide bonds. The first-order chi connectivity index (χ1) is 13.0. The van der Waals surface area contributed by atoms with Gasteiger partial charge in [-0.25, -0.2) is 9.37 Å². The molecule has 0 spiro atoms. The minimum atomic E-state index is -0.727. The molecule has 3 aromatic rings. The van der Waals surface area contributed by atoms with Gasteiger partial charge in [0, 0.05) is 36.4 Å². The van der Waals surface area contributed by atoms with Crippen LogP contribution in [-0.2, 0) is 18.3 Å². The van der Waals surface area contributed by atoms with Gasteiger partial charge in [0.2, 0.25) is 0 Å². The maximum Gasteiger partial charge on any atom is 0.262 e. The van der Waals surface area contributed by atoms with Gasteiger partial charge >= 0.3 is 0 Å². The molecule has 0 aliphatic carbocycles. The maximum absolute atomic E-state index is 14.4. The zero-order chi connectivity index (χ0) is 19.0. The van der Waals surface area contributed by atoms with Crippen LogP contribution < -0.4 is 10.1 Å². The molecule has 0 radical (unpaired) electrons. The Balaban J connectivity index is 1.60. The summed E-state index contributed by atoms with van der Waals surface area (Å²) in [6, 6.07) is 10.9. The third-order valence-electron chi connectivity index (χ3n) is 4.61.